The van der Waals surface area contributed by atoms with Gasteiger partial charge in [-0.05, 0) is 45.6 Å². The van der Waals surface area contributed by atoms with Crippen molar-refractivity contribution in [3.05, 3.63) is 53.4 Å². The van der Waals surface area contributed by atoms with Crippen LogP contribution in [0.15, 0.2) is 40.9 Å². The summed E-state index contributed by atoms with van der Waals surface area (Å²) in [6, 6.07) is 12.6. The molecule has 0 atom stereocenters. The molecule has 65 valence electrons. The molecule has 1 heteroatoms. The van der Waals surface area contributed by atoms with Gasteiger partial charge in [-0.25, -0.2) is 0 Å². The molecule has 0 heterocycles. The van der Waals surface area contributed by atoms with E-state index in [0.29, 0.717) is 0 Å². The zero-order chi connectivity index (χ0) is 9.26. The highest BCUT2D eigenvalue weighted by atomic mass is 79.9. The van der Waals surface area contributed by atoms with Crippen molar-refractivity contribution in [2.75, 3.05) is 0 Å². The van der Waals surface area contributed by atoms with E-state index in [1.54, 1.807) is 0 Å². The third-order valence-corrected chi connectivity index (χ3v) is 3.15. The average Bonchev–Trinajstić information content (AvgIpc) is 2.19. The maximum Gasteiger partial charge on any atom is 0.0285 e. The molecule has 1 radical (unpaired) electrons. The minimum atomic E-state index is 0.825. The molecular formula is C12H10Br. The standard InChI is InChI=1S/C12H10Br/c1-2-9-7-8-10-5-3-4-6-11(10)12(9)13/h3-8H,1-2H2. The monoisotopic (exact) mass is 233 g/mol. The lowest BCUT2D eigenvalue weighted by molar-refractivity contribution is 1.27. The number of halogens is 1. The van der Waals surface area contributed by atoms with Gasteiger partial charge in [0.1, 0.15) is 0 Å². The Bertz CT molecular complexity index is 432. The molecule has 0 unspecified atom stereocenters. The molecule has 0 N–H and O–H groups in total. The first-order chi connectivity index (χ1) is 6.33. The summed E-state index contributed by atoms with van der Waals surface area (Å²) in [6.45, 7) is 3.89. The summed E-state index contributed by atoms with van der Waals surface area (Å²) in [5.41, 5.74) is 1.26. The van der Waals surface area contributed by atoms with Gasteiger partial charge in [-0.2, -0.15) is 0 Å². The number of benzene rings is 2. The Morgan fingerprint density at radius 3 is 2.62 bits per heavy atom. The molecule has 0 aliphatic rings. The first kappa shape index (κ1) is 8.76. The van der Waals surface area contributed by atoms with Crippen molar-refractivity contribution < 1.29 is 0 Å². The second-order valence-electron chi connectivity index (χ2n) is 3.01. The Morgan fingerprint density at radius 2 is 1.85 bits per heavy atom. The Hall–Kier alpha value is -0.820. The molecule has 2 rings (SSSR count). The van der Waals surface area contributed by atoms with Gasteiger partial charge in [0.2, 0.25) is 0 Å². The lowest BCUT2D eigenvalue weighted by Crippen LogP contribution is -1.83. The number of fused-ring (bicyclic) bond motifs is 1. The highest BCUT2D eigenvalue weighted by Crippen LogP contribution is 2.27. The molecule has 0 bridgehead atoms. The zero-order valence-corrected chi connectivity index (χ0v) is 8.84. The van der Waals surface area contributed by atoms with Crippen molar-refractivity contribution in [3.8, 4) is 0 Å². The van der Waals surface area contributed by atoms with Gasteiger partial charge in [0.05, 0.1) is 0 Å². The SMILES string of the molecule is [CH2]Cc1ccc2ccccc2c1Br. The Balaban J connectivity index is 2.79. The Kier molecular flexibility index (Phi) is 2.36. The molecule has 0 aliphatic carbocycles. The zero-order valence-electron chi connectivity index (χ0n) is 7.26. The lowest BCUT2D eigenvalue weighted by atomic mass is 10.1. The molecule has 0 saturated heterocycles. The molecule has 0 saturated carbocycles. The van der Waals surface area contributed by atoms with Gasteiger partial charge in [-0.15, -0.1) is 0 Å². The average molecular weight is 234 g/mol. The van der Waals surface area contributed by atoms with E-state index in [4.69, 9.17) is 0 Å². The van der Waals surface area contributed by atoms with Gasteiger partial charge in [0.25, 0.3) is 0 Å². The predicted molar refractivity (Wildman–Crippen MR) is 60.7 cm³/mol. The fraction of sp³-hybridized carbons (Fsp3) is 0.0833. The number of hydrogen-bond donors (Lipinski definition) is 0. The van der Waals surface area contributed by atoms with E-state index in [9.17, 15) is 0 Å². The van der Waals surface area contributed by atoms with Crippen LogP contribution in [-0.4, -0.2) is 0 Å². The van der Waals surface area contributed by atoms with E-state index in [1.165, 1.54) is 20.8 Å². The van der Waals surface area contributed by atoms with Crippen molar-refractivity contribution in [3.63, 3.8) is 0 Å². The summed E-state index contributed by atoms with van der Waals surface area (Å²) in [5, 5.41) is 2.54. The number of rotatable bonds is 1. The molecule has 0 aromatic heterocycles. The van der Waals surface area contributed by atoms with Crippen LogP contribution in [0.5, 0.6) is 0 Å². The van der Waals surface area contributed by atoms with Crippen molar-refractivity contribution in [1.82, 2.24) is 0 Å². The second kappa shape index (κ2) is 3.51. The maximum atomic E-state index is 3.89. The van der Waals surface area contributed by atoms with Crippen LogP contribution in [-0.2, 0) is 6.42 Å². The molecular weight excluding hydrogens is 224 g/mol. The van der Waals surface area contributed by atoms with Gasteiger partial charge >= 0.3 is 0 Å². The third kappa shape index (κ3) is 1.49. The number of hydrogen-bond acceptors (Lipinski definition) is 0. The van der Waals surface area contributed by atoms with Crippen LogP contribution in [0, 0.1) is 6.92 Å². The summed E-state index contributed by atoms with van der Waals surface area (Å²) < 4.78 is 1.18. The summed E-state index contributed by atoms with van der Waals surface area (Å²) in [7, 11) is 0. The second-order valence-corrected chi connectivity index (χ2v) is 3.80. The van der Waals surface area contributed by atoms with E-state index >= 15 is 0 Å². The molecule has 0 amide bonds. The van der Waals surface area contributed by atoms with Crippen LogP contribution in [0.2, 0.25) is 0 Å². The van der Waals surface area contributed by atoms with Crippen molar-refractivity contribution >= 4 is 26.7 Å². The third-order valence-electron chi connectivity index (χ3n) is 2.21. The van der Waals surface area contributed by atoms with Crippen molar-refractivity contribution in [1.29, 1.82) is 0 Å². The van der Waals surface area contributed by atoms with Crippen molar-refractivity contribution in [2.45, 2.75) is 6.42 Å². The van der Waals surface area contributed by atoms with Crippen LogP contribution in [0.4, 0.5) is 0 Å². The van der Waals surface area contributed by atoms with Gasteiger partial charge in [-0.1, -0.05) is 36.4 Å². The van der Waals surface area contributed by atoms with E-state index < -0.39 is 0 Å². The lowest BCUT2D eigenvalue weighted by Gasteiger charge is -2.05. The van der Waals surface area contributed by atoms with Gasteiger partial charge in [-0.3, -0.25) is 0 Å². The summed E-state index contributed by atoms with van der Waals surface area (Å²) in [4.78, 5) is 0. The molecule has 0 fully saturated rings. The van der Waals surface area contributed by atoms with Crippen molar-refractivity contribution in [2.24, 2.45) is 0 Å². The molecule has 2 aromatic carbocycles. The predicted octanol–water partition coefficient (Wildman–Crippen LogP) is 3.98. The normalized spacial score (nSPS) is 10.6. The highest BCUT2D eigenvalue weighted by Gasteiger charge is 2.01. The van der Waals surface area contributed by atoms with Gasteiger partial charge in [0.15, 0.2) is 0 Å². The van der Waals surface area contributed by atoms with Crippen LogP contribution in [0.25, 0.3) is 10.8 Å². The van der Waals surface area contributed by atoms with Crippen LogP contribution in [0.3, 0.4) is 0 Å². The maximum absolute atomic E-state index is 3.89. The fourth-order valence-corrected chi connectivity index (χ4v) is 2.16. The van der Waals surface area contributed by atoms with E-state index in [-0.39, 0.29) is 0 Å². The molecule has 13 heavy (non-hydrogen) atoms. The van der Waals surface area contributed by atoms with Gasteiger partial charge < -0.3 is 0 Å². The molecule has 0 nitrogen and oxygen atoms in total. The Morgan fingerprint density at radius 1 is 1.08 bits per heavy atom. The fourth-order valence-electron chi connectivity index (χ4n) is 1.47. The molecule has 0 aliphatic heterocycles. The van der Waals surface area contributed by atoms with Crippen LogP contribution >= 0.6 is 15.9 Å². The topological polar surface area (TPSA) is 0 Å². The summed E-state index contributed by atoms with van der Waals surface area (Å²) >= 11 is 3.60. The summed E-state index contributed by atoms with van der Waals surface area (Å²) in [5.74, 6) is 0. The quantitative estimate of drug-likeness (QED) is 0.700. The van der Waals surface area contributed by atoms with Crippen LogP contribution in [0.1, 0.15) is 5.56 Å². The first-order valence-electron chi connectivity index (χ1n) is 4.28. The van der Waals surface area contributed by atoms with Gasteiger partial charge in [0, 0.05) is 4.47 Å². The molecule has 0 spiro atoms. The minimum Gasteiger partial charge on any atom is -0.0616 e. The van der Waals surface area contributed by atoms with E-state index in [1.807, 2.05) is 0 Å². The minimum absolute atomic E-state index is 0.825. The van der Waals surface area contributed by atoms with E-state index in [2.05, 4.69) is 59.3 Å². The Labute approximate surface area is 86.7 Å². The van der Waals surface area contributed by atoms with E-state index in [0.717, 1.165) is 6.42 Å². The first-order valence-corrected chi connectivity index (χ1v) is 5.07. The van der Waals surface area contributed by atoms with Crippen LogP contribution < -0.4 is 0 Å². The largest absolute Gasteiger partial charge is 0.0616 e. The summed E-state index contributed by atoms with van der Waals surface area (Å²) in [6.07, 6.45) is 0.825. The highest BCUT2D eigenvalue weighted by molar-refractivity contribution is 9.10. The smallest absolute Gasteiger partial charge is 0.0285 e. The molecule has 2 aromatic rings.